The van der Waals surface area contributed by atoms with Crippen LogP contribution in [0, 0.1) is 0 Å². The molecular weight excluding hydrogens is 302 g/mol. The SMILES string of the molecule is CC(C)(C)[Si](C)(C)O[C@@H](CCO)/C(Cl)=C/c1ccccn1. The van der Waals surface area contributed by atoms with Gasteiger partial charge < -0.3 is 9.53 Å². The first-order valence-electron chi connectivity index (χ1n) is 7.24. The van der Waals surface area contributed by atoms with Crippen LogP contribution in [0.5, 0.6) is 0 Å². The third-order valence-corrected chi connectivity index (χ3v) is 8.75. The third-order valence-electron chi connectivity index (χ3n) is 3.92. The highest BCUT2D eigenvalue weighted by Gasteiger charge is 2.39. The molecule has 0 amide bonds. The highest BCUT2D eigenvalue weighted by atomic mass is 35.5. The smallest absolute Gasteiger partial charge is 0.192 e. The normalized spacial score (nSPS) is 15.1. The molecule has 0 unspecified atom stereocenters. The van der Waals surface area contributed by atoms with Crippen molar-refractivity contribution in [1.82, 2.24) is 4.98 Å². The summed E-state index contributed by atoms with van der Waals surface area (Å²) in [6.45, 7) is 11.0. The van der Waals surface area contributed by atoms with E-state index in [4.69, 9.17) is 16.0 Å². The molecule has 1 atom stereocenters. The van der Waals surface area contributed by atoms with Crippen LogP contribution >= 0.6 is 11.6 Å². The lowest BCUT2D eigenvalue weighted by molar-refractivity contribution is 0.172. The van der Waals surface area contributed by atoms with Gasteiger partial charge in [0.05, 0.1) is 11.8 Å². The molecule has 0 saturated carbocycles. The fourth-order valence-corrected chi connectivity index (χ4v) is 3.25. The van der Waals surface area contributed by atoms with Gasteiger partial charge >= 0.3 is 0 Å². The van der Waals surface area contributed by atoms with E-state index in [2.05, 4.69) is 38.8 Å². The summed E-state index contributed by atoms with van der Waals surface area (Å²) < 4.78 is 6.33. The maximum atomic E-state index is 9.29. The molecule has 0 fully saturated rings. The van der Waals surface area contributed by atoms with E-state index in [1.54, 1.807) is 6.20 Å². The lowest BCUT2D eigenvalue weighted by atomic mass is 10.2. The molecule has 5 heteroatoms. The molecule has 0 aliphatic carbocycles. The predicted molar refractivity (Wildman–Crippen MR) is 91.8 cm³/mol. The summed E-state index contributed by atoms with van der Waals surface area (Å²) in [6, 6.07) is 5.67. The van der Waals surface area contributed by atoms with Gasteiger partial charge in [-0.2, -0.15) is 0 Å². The first-order chi connectivity index (χ1) is 9.67. The summed E-state index contributed by atoms with van der Waals surface area (Å²) >= 11 is 6.42. The average Bonchev–Trinajstić information content (AvgIpc) is 2.37. The first kappa shape index (κ1) is 18.4. The van der Waals surface area contributed by atoms with Crippen LogP contribution in [-0.2, 0) is 4.43 Å². The van der Waals surface area contributed by atoms with Crippen molar-refractivity contribution in [2.45, 2.75) is 51.4 Å². The van der Waals surface area contributed by atoms with E-state index < -0.39 is 8.32 Å². The summed E-state index contributed by atoms with van der Waals surface area (Å²) in [6.07, 6.45) is 3.76. The predicted octanol–water partition coefficient (Wildman–Crippen LogP) is 4.43. The molecule has 0 aromatic carbocycles. The quantitative estimate of drug-likeness (QED) is 0.786. The van der Waals surface area contributed by atoms with Crippen molar-refractivity contribution < 1.29 is 9.53 Å². The molecule has 3 nitrogen and oxygen atoms in total. The number of hydrogen-bond acceptors (Lipinski definition) is 3. The molecule has 0 aliphatic heterocycles. The van der Waals surface area contributed by atoms with Gasteiger partial charge in [-0.15, -0.1) is 0 Å². The minimum atomic E-state index is -1.94. The molecule has 0 aliphatic rings. The Morgan fingerprint density at radius 3 is 2.57 bits per heavy atom. The van der Waals surface area contributed by atoms with Crippen LogP contribution in [0.3, 0.4) is 0 Å². The zero-order valence-electron chi connectivity index (χ0n) is 13.6. The molecule has 0 bridgehead atoms. The highest BCUT2D eigenvalue weighted by Crippen LogP contribution is 2.38. The lowest BCUT2D eigenvalue weighted by Crippen LogP contribution is -2.44. The highest BCUT2D eigenvalue weighted by molar-refractivity contribution is 6.74. The second kappa shape index (κ2) is 7.54. The van der Waals surface area contributed by atoms with Crippen LogP contribution in [0.25, 0.3) is 6.08 Å². The van der Waals surface area contributed by atoms with E-state index in [1.807, 2.05) is 24.3 Å². The fourth-order valence-electron chi connectivity index (χ4n) is 1.60. The Kier molecular flexibility index (Phi) is 6.59. The Morgan fingerprint density at radius 2 is 2.10 bits per heavy atom. The first-order valence-corrected chi connectivity index (χ1v) is 10.5. The summed E-state index contributed by atoms with van der Waals surface area (Å²) in [5.41, 5.74) is 0.796. The Bertz CT molecular complexity index is 469. The molecule has 0 spiro atoms. The maximum absolute atomic E-state index is 9.29. The Labute approximate surface area is 134 Å². The number of halogens is 1. The van der Waals surface area contributed by atoms with E-state index in [1.165, 1.54) is 0 Å². The van der Waals surface area contributed by atoms with Crippen molar-refractivity contribution in [2.75, 3.05) is 6.61 Å². The summed E-state index contributed by atoms with van der Waals surface area (Å²) in [4.78, 5) is 4.24. The zero-order chi connectivity index (χ0) is 16.1. The molecular formula is C16H26ClNO2Si. The van der Waals surface area contributed by atoms with Gasteiger partial charge in [0, 0.05) is 24.3 Å². The van der Waals surface area contributed by atoms with Crippen LogP contribution in [0.1, 0.15) is 32.9 Å². The van der Waals surface area contributed by atoms with E-state index in [0.717, 1.165) is 5.69 Å². The van der Waals surface area contributed by atoms with Gasteiger partial charge in [-0.25, -0.2) is 0 Å². The van der Waals surface area contributed by atoms with Gasteiger partial charge in [0.2, 0.25) is 0 Å². The van der Waals surface area contributed by atoms with E-state index in [9.17, 15) is 5.11 Å². The molecule has 0 saturated heterocycles. The van der Waals surface area contributed by atoms with Gasteiger partial charge in [0.1, 0.15) is 0 Å². The number of aliphatic hydroxyl groups is 1. The number of aromatic nitrogens is 1. The van der Waals surface area contributed by atoms with Crippen LogP contribution in [0.15, 0.2) is 29.4 Å². The van der Waals surface area contributed by atoms with Gasteiger partial charge in [0.25, 0.3) is 0 Å². The fraction of sp³-hybridized carbons (Fsp3) is 0.562. The largest absolute Gasteiger partial charge is 0.409 e. The molecule has 1 heterocycles. The topological polar surface area (TPSA) is 42.4 Å². The van der Waals surface area contributed by atoms with Crippen molar-refractivity contribution >= 4 is 26.0 Å². The maximum Gasteiger partial charge on any atom is 0.192 e. The van der Waals surface area contributed by atoms with Crippen molar-refractivity contribution in [1.29, 1.82) is 0 Å². The van der Waals surface area contributed by atoms with Crippen molar-refractivity contribution in [3.63, 3.8) is 0 Å². The summed E-state index contributed by atoms with van der Waals surface area (Å²) in [5, 5.41) is 9.98. The van der Waals surface area contributed by atoms with E-state index in [0.29, 0.717) is 11.5 Å². The number of pyridine rings is 1. The van der Waals surface area contributed by atoms with E-state index in [-0.39, 0.29) is 17.7 Å². The van der Waals surface area contributed by atoms with E-state index >= 15 is 0 Å². The molecule has 1 aromatic heterocycles. The van der Waals surface area contributed by atoms with Crippen molar-refractivity contribution in [2.24, 2.45) is 0 Å². The third kappa shape index (κ3) is 5.55. The van der Waals surface area contributed by atoms with Crippen LogP contribution in [-0.4, -0.2) is 31.1 Å². The molecule has 21 heavy (non-hydrogen) atoms. The number of aliphatic hydroxyl groups excluding tert-OH is 1. The zero-order valence-corrected chi connectivity index (χ0v) is 15.3. The molecule has 1 rings (SSSR count). The monoisotopic (exact) mass is 327 g/mol. The van der Waals surface area contributed by atoms with Crippen LogP contribution < -0.4 is 0 Å². The Hall–Kier alpha value is -0.683. The Balaban J connectivity index is 2.94. The number of nitrogens with zero attached hydrogens (tertiary/aromatic N) is 1. The van der Waals surface area contributed by atoms with Gasteiger partial charge in [-0.05, 0) is 36.3 Å². The summed E-state index contributed by atoms with van der Waals surface area (Å²) in [5.74, 6) is 0. The van der Waals surface area contributed by atoms with Gasteiger partial charge in [0.15, 0.2) is 8.32 Å². The lowest BCUT2D eigenvalue weighted by Gasteiger charge is -2.39. The Morgan fingerprint density at radius 1 is 1.43 bits per heavy atom. The van der Waals surface area contributed by atoms with Crippen molar-refractivity contribution in [3.8, 4) is 0 Å². The van der Waals surface area contributed by atoms with Gasteiger partial charge in [-0.1, -0.05) is 38.4 Å². The second-order valence-corrected chi connectivity index (χ2v) is 11.9. The molecule has 1 N–H and O–H groups in total. The average molecular weight is 328 g/mol. The number of hydrogen-bond donors (Lipinski definition) is 1. The van der Waals surface area contributed by atoms with Crippen LogP contribution in [0.2, 0.25) is 18.1 Å². The standard InChI is InChI=1S/C16H26ClNO2Si/c1-16(2,3)21(4,5)20-15(9-11-19)14(17)12-13-8-6-7-10-18-13/h6-8,10,12,15,19H,9,11H2,1-5H3/b14-12-/t15-/m0/s1. The summed E-state index contributed by atoms with van der Waals surface area (Å²) in [7, 11) is -1.94. The molecule has 0 radical (unpaired) electrons. The van der Waals surface area contributed by atoms with Gasteiger partial charge in [-0.3, -0.25) is 4.98 Å². The molecule has 118 valence electrons. The second-order valence-electron chi connectivity index (χ2n) is 6.66. The van der Waals surface area contributed by atoms with Crippen molar-refractivity contribution in [3.05, 3.63) is 35.1 Å². The minimum absolute atomic E-state index is 0.0472. The molecule has 1 aromatic rings. The number of rotatable bonds is 6. The van der Waals surface area contributed by atoms with Crippen LogP contribution in [0.4, 0.5) is 0 Å². The minimum Gasteiger partial charge on any atom is -0.409 e.